The predicted molar refractivity (Wildman–Crippen MR) is 129 cm³/mol. The van der Waals surface area contributed by atoms with Gasteiger partial charge in [0.25, 0.3) is 5.56 Å². The van der Waals surface area contributed by atoms with Gasteiger partial charge in [0.05, 0.1) is 11.9 Å². The quantitative estimate of drug-likeness (QED) is 0.493. The van der Waals surface area contributed by atoms with Gasteiger partial charge in [-0.25, -0.2) is 18.6 Å². The first-order valence-electron chi connectivity index (χ1n) is 11.1. The van der Waals surface area contributed by atoms with Crippen LogP contribution in [0.2, 0.25) is 0 Å². The molecule has 1 N–H and O–H groups in total. The van der Waals surface area contributed by atoms with Crippen LogP contribution in [0.15, 0.2) is 41.5 Å². The first kappa shape index (κ1) is 30.4. The molecule has 186 valence electrons. The SMILES string of the molecule is CC.CC.CC.Cc1cnc(C(=O)O)cc1-n1c(C)cc(OCc2ncc(F)cc2F)cc1=O. The van der Waals surface area contributed by atoms with Gasteiger partial charge < -0.3 is 9.84 Å². The summed E-state index contributed by atoms with van der Waals surface area (Å²) in [6.45, 7) is 15.1. The summed E-state index contributed by atoms with van der Waals surface area (Å²) < 4.78 is 33.3. The number of aromatic carboxylic acids is 1. The van der Waals surface area contributed by atoms with Gasteiger partial charge in [0.1, 0.15) is 29.6 Å². The van der Waals surface area contributed by atoms with Crippen molar-refractivity contribution in [2.24, 2.45) is 0 Å². The van der Waals surface area contributed by atoms with E-state index in [0.29, 0.717) is 23.0 Å². The van der Waals surface area contributed by atoms with E-state index in [1.807, 2.05) is 41.5 Å². The van der Waals surface area contributed by atoms with Crippen LogP contribution >= 0.6 is 0 Å². The fourth-order valence-electron chi connectivity index (χ4n) is 2.64. The van der Waals surface area contributed by atoms with Crippen LogP contribution in [0.1, 0.15) is 69.0 Å². The van der Waals surface area contributed by atoms with E-state index < -0.39 is 23.2 Å². The standard InChI is InChI=1S/C19H15F2N3O4.3C2H6/c1-10-7-22-15(19(26)27)6-17(10)24-11(2)3-13(5-18(24)25)28-9-16-14(21)4-12(20)8-23-16;3*1-2/h3-8H,9H2,1-2H3,(H,26,27);3*1-2H3. The van der Waals surface area contributed by atoms with Crippen molar-refractivity contribution in [1.29, 1.82) is 0 Å². The molecule has 0 saturated carbocycles. The Morgan fingerprint density at radius 1 is 0.971 bits per heavy atom. The summed E-state index contributed by atoms with van der Waals surface area (Å²) in [6.07, 6.45) is 2.25. The molecule has 0 saturated heterocycles. The van der Waals surface area contributed by atoms with E-state index in [1.54, 1.807) is 19.9 Å². The second kappa shape index (κ2) is 15.3. The van der Waals surface area contributed by atoms with Gasteiger partial charge in [-0.3, -0.25) is 14.3 Å². The Bertz CT molecular complexity index is 1130. The Kier molecular flexibility index (Phi) is 13.6. The average molecular weight is 478 g/mol. The highest BCUT2D eigenvalue weighted by atomic mass is 19.1. The van der Waals surface area contributed by atoms with Crippen molar-refractivity contribution in [1.82, 2.24) is 14.5 Å². The monoisotopic (exact) mass is 477 g/mol. The van der Waals surface area contributed by atoms with E-state index >= 15 is 0 Å². The third kappa shape index (κ3) is 8.06. The maximum absolute atomic E-state index is 13.6. The maximum Gasteiger partial charge on any atom is 0.354 e. The number of carboxylic acid groups (broad SMARTS) is 1. The molecule has 9 heteroatoms. The van der Waals surface area contributed by atoms with E-state index in [0.717, 1.165) is 6.20 Å². The summed E-state index contributed by atoms with van der Waals surface area (Å²) in [4.78, 5) is 31.2. The lowest BCUT2D eigenvalue weighted by molar-refractivity contribution is 0.0690. The number of halogens is 2. The zero-order valence-corrected chi connectivity index (χ0v) is 20.9. The van der Waals surface area contributed by atoms with Crippen molar-refractivity contribution in [3.05, 3.63) is 81.3 Å². The largest absolute Gasteiger partial charge is 0.487 e. The minimum atomic E-state index is -1.21. The Labute approximate surface area is 199 Å². The van der Waals surface area contributed by atoms with Gasteiger partial charge in [0.15, 0.2) is 5.82 Å². The molecule has 3 heterocycles. The molecular formula is C25H33F2N3O4. The number of ether oxygens (including phenoxy) is 1. The van der Waals surface area contributed by atoms with Gasteiger partial charge in [-0.15, -0.1) is 0 Å². The van der Waals surface area contributed by atoms with E-state index in [2.05, 4.69) is 9.97 Å². The topological polar surface area (TPSA) is 94.3 Å². The van der Waals surface area contributed by atoms with Gasteiger partial charge in [-0.05, 0) is 25.5 Å². The third-order valence-corrected chi connectivity index (χ3v) is 3.98. The minimum absolute atomic E-state index is 0.0979. The fraction of sp³-hybridized carbons (Fsp3) is 0.360. The highest BCUT2D eigenvalue weighted by molar-refractivity contribution is 5.86. The zero-order chi connectivity index (χ0) is 26.4. The van der Waals surface area contributed by atoms with Crippen LogP contribution in [0.5, 0.6) is 5.75 Å². The van der Waals surface area contributed by atoms with Crippen molar-refractivity contribution < 1.29 is 23.4 Å². The molecule has 3 rings (SSSR count). The molecule has 3 aromatic rings. The van der Waals surface area contributed by atoms with Crippen LogP contribution in [0.25, 0.3) is 5.69 Å². The molecule has 0 aliphatic heterocycles. The van der Waals surface area contributed by atoms with Gasteiger partial charge in [0.2, 0.25) is 0 Å². The number of pyridine rings is 3. The van der Waals surface area contributed by atoms with Gasteiger partial charge in [0, 0.05) is 30.1 Å². The lowest BCUT2D eigenvalue weighted by Gasteiger charge is -2.15. The molecule has 7 nitrogen and oxygen atoms in total. The smallest absolute Gasteiger partial charge is 0.354 e. The third-order valence-electron chi connectivity index (χ3n) is 3.98. The number of hydrogen-bond donors (Lipinski definition) is 1. The van der Waals surface area contributed by atoms with Crippen LogP contribution in [0.4, 0.5) is 8.78 Å². The second-order valence-corrected chi connectivity index (χ2v) is 6.04. The molecule has 3 aromatic heterocycles. The first-order chi connectivity index (χ1) is 16.3. The summed E-state index contributed by atoms with van der Waals surface area (Å²) >= 11 is 0. The lowest BCUT2D eigenvalue weighted by Crippen LogP contribution is -2.21. The minimum Gasteiger partial charge on any atom is -0.487 e. The van der Waals surface area contributed by atoms with Crippen LogP contribution in [-0.4, -0.2) is 25.6 Å². The number of carboxylic acids is 1. The number of carbonyl (C=O) groups is 1. The number of aromatic nitrogens is 3. The van der Waals surface area contributed by atoms with E-state index in [-0.39, 0.29) is 23.7 Å². The van der Waals surface area contributed by atoms with E-state index in [1.165, 1.54) is 22.9 Å². The molecular weight excluding hydrogens is 444 g/mol. The van der Waals surface area contributed by atoms with Crippen molar-refractivity contribution in [2.75, 3.05) is 0 Å². The van der Waals surface area contributed by atoms with Gasteiger partial charge >= 0.3 is 5.97 Å². The fourth-order valence-corrected chi connectivity index (χ4v) is 2.64. The number of nitrogens with zero attached hydrogens (tertiary/aromatic N) is 3. The van der Waals surface area contributed by atoms with Crippen molar-refractivity contribution in [3.63, 3.8) is 0 Å². The maximum atomic E-state index is 13.6. The molecule has 0 aliphatic carbocycles. The molecule has 0 unspecified atom stereocenters. The van der Waals surface area contributed by atoms with Crippen LogP contribution < -0.4 is 10.3 Å². The molecule has 0 radical (unpaired) electrons. The lowest BCUT2D eigenvalue weighted by atomic mass is 10.2. The number of hydrogen-bond acceptors (Lipinski definition) is 5. The molecule has 0 bridgehead atoms. The highest BCUT2D eigenvalue weighted by Gasteiger charge is 2.14. The van der Waals surface area contributed by atoms with Gasteiger partial charge in [-0.2, -0.15) is 0 Å². The molecule has 0 spiro atoms. The molecule has 0 amide bonds. The Morgan fingerprint density at radius 2 is 1.59 bits per heavy atom. The van der Waals surface area contributed by atoms with Crippen LogP contribution in [-0.2, 0) is 6.61 Å². The summed E-state index contributed by atoms with van der Waals surface area (Å²) in [5, 5.41) is 9.12. The number of aryl methyl sites for hydroxylation is 2. The first-order valence-corrected chi connectivity index (χ1v) is 11.1. The molecule has 0 fully saturated rings. The normalized spacial score (nSPS) is 9.35. The summed E-state index contributed by atoms with van der Waals surface area (Å²) in [7, 11) is 0. The molecule has 0 aromatic carbocycles. The van der Waals surface area contributed by atoms with Crippen LogP contribution in [0.3, 0.4) is 0 Å². The van der Waals surface area contributed by atoms with Crippen molar-refractivity contribution in [3.8, 4) is 11.4 Å². The second-order valence-electron chi connectivity index (χ2n) is 6.04. The van der Waals surface area contributed by atoms with Crippen molar-refractivity contribution in [2.45, 2.75) is 62.0 Å². The Balaban J connectivity index is 0.00000168. The van der Waals surface area contributed by atoms with E-state index in [4.69, 9.17) is 9.84 Å². The van der Waals surface area contributed by atoms with Crippen molar-refractivity contribution >= 4 is 5.97 Å². The molecule has 0 aliphatic rings. The molecule has 34 heavy (non-hydrogen) atoms. The highest BCUT2D eigenvalue weighted by Crippen LogP contribution is 2.19. The Morgan fingerprint density at radius 3 is 2.12 bits per heavy atom. The summed E-state index contributed by atoms with van der Waals surface area (Å²) in [6, 6.07) is 4.74. The Hall–Kier alpha value is -3.62. The van der Waals surface area contributed by atoms with Crippen LogP contribution in [0, 0.1) is 25.5 Å². The van der Waals surface area contributed by atoms with Gasteiger partial charge in [-0.1, -0.05) is 41.5 Å². The molecule has 0 atom stereocenters. The van der Waals surface area contributed by atoms with E-state index in [9.17, 15) is 18.4 Å². The average Bonchev–Trinajstić information content (AvgIpc) is 2.83. The summed E-state index contributed by atoms with van der Waals surface area (Å²) in [5.74, 6) is -2.68. The summed E-state index contributed by atoms with van der Waals surface area (Å²) in [5.41, 5.74) is 0.715. The number of rotatable bonds is 5. The zero-order valence-electron chi connectivity index (χ0n) is 20.9. The predicted octanol–water partition coefficient (Wildman–Crippen LogP) is 5.88.